The minimum Gasteiger partial charge on any atom is -0.353 e. The Hall–Kier alpha value is -3.61. The van der Waals surface area contributed by atoms with Crippen molar-refractivity contribution in [2.45, 2.75) is 18.1 Å². The van der Waals surface area contributed by atoms with Crippen LogP contribution in [0.5, 0.6) is 0 Å². The predicted octanol–water partition coefficient (Wildman–Crippen LogP) is 3.91. The van der Waals surface area contributed by atoms with E-state index in [1.54, 1.807) is 48.5 Å². The number of carbonyl (C=O) groups is 4. The van der Waals surface area contributed by atoms with E-state index in [2.05, 4.69) is 0 Å². The molecule has 6 rings (SSSR count). The summed E-state index contributed by atoms with van der Waals surface area (Å²) in [4.78, 5) is 55.9. The minimum absolute atomic E-state index is 0.211. The van der Waals surface area contributed by atoms with Crippen molar-refractivity contribution < 1.29 is 23.9 Å². The van der Waals surface area contributed by atoms with Gasteiger partial charge in [-0.1, -0.05) is 78.3 Å². The Morgan fingerprint density at radius 1 is 0.765 bits per heavy atom. The first kappa shape index (κ1) is 21.0. The summed E-state index contributed by atoms with van der Waals surface area (Å²) in [6, 6.07) is 22.3. The van der Waals surface area contributed by atoms with Crippen LogP contribution in [0.15, 0.2) is 78.9 Å². The molecule has 2 fully saturated rings. The quantitative estimate of drug-likeness (QED) is 0.427. The van der Waals surface area contributed by atoms with Crippen LogP contribution in [0, 0.1) is 11.8 Å². The van der Waals surface area contributed by atoms with Gasteiger partial charge < -0.3 is 4.74 Å². The molecule has 0 saturated carbocycles. The lowest BCUT2D eigenvalue weighted by molar-refractivity contribution is -0.127. The van der Waals surface area contributed by atoms with Crippen LogP contribution in [0.4, 0.5) is 5.69 Å². The molecule has 0 N–H and O–H groups in total. The molecule has 0 unspecified atom stereocenters. The number of para-hydroxylation sites is 1. The first-order chi connectivity index (χ1) is 16.4. The van der Waals surface area contributed by atoms with Crippen molar-refractivity contribution in [3.63, 3.8) is 0 Å². The molecule has 168 valence electrons. The second-order valence-electron chi connectivity index (χ2n) is 8.75. The van der Waals surface area contributed by atoms with Gasteiger partial charge in [0, 0.05) is 11.1 Å². The monoisotopic (exact) mass is 471 g/mol. The maximum Gasteiger partial charge on any atom is 0.241 e. The molecule has 6 nitrogen and oxygen atoms in total. The van der Waals surface area contributed by atoms with Crippen molar-refractivity contribution in [2.24, 2.45) is 11.8 Å². The summed E-state index contributed by atoms with van der Waals surface area (Å²) >= 11 is 6.33. The van der Waals surface area contributed by atoms with Crippen molar-refractivity contribution in [1.29, 1.82) is 0 Å². The van der Waals surface area contributed by atoms with Gasteiger partial charge >= 0.3 is 0 Å². The van der Waals surface area contributed by atoms with Crippen LogP contribution < -0.4 is 4.90 Å². The lowest BCUT2D eigenvalue weighted by Crippen LogP contribution is -2.51. The molecule has 2 aliphatic heterocycles. The van der Waals surface area contributed by atoms with Gasteiger partial charge in [0.25, 0.3) is 0 Å². The number of ether oxygens (including phenoxy) is 1. The molecule has 2 saturated heterocycles. The van der Waals surface area contributed by atoms with Crippen LogP contribution >= 0.6 is 11.6 Å². The Labute approximate surface area is 200 Å². The van der Waals surface area contributed by atoms with Gasteiger partial charge in [-0.15, -0.1) is 0 Å². The Morgan fingerprint density at radius 2 is 1.35 bits per heavy atom. The number of imide groups is 1. The van der Waals surface area contributed by atoms with Crippen LogP contribution in [0.25, 0.3) is 0 Å². The molecule has 1 spiro atoms. The third-order valence-corrected chi connectivity index (χ3v) is 7.31. The van der Waals surface area contributed by atoms with Crippen molar-refractivity contribution in [2.75, 3.05) is 4.90 Å². The highest BCUT2D eigenvalue weighted by atomic mass is 35.5. The number of nitrogens with zero attached hydrogens (tertiary/aromatic N) is 1. The summed E-state index contributed by atoms with van der Waals surface area (Å²) in [6.07, 6.45) is -0.561. The Morgan fingerprint density at radius 3 is 2.00 bits per heavy atom. The fourth-order valence-electron chi connectivity index (χ4n) is 5.54. The molecule has 3 atom stereocenters. The molecular weight excluding hydrogens is 454 g/mol. The molecule has 3 aromatic rings. The molecule has 1 aliphatic carbocycles. The number of rotatable bonds is 3. The number of halogens is 1. The number of anilines is 1. The van der Waals surface area contributed by atoms with E-state index in [0.717, 1.165) is 10.5 Å². The van der Waals surface area contributed by atoms with Crippen molar-refractivity contribution in [1.82, 2.24) is 0 Å². The molecule has 34 heavy (non-hydrogen) atoms. The zero-order valence-corrected chi connectivity index (χ0v) is 18.6. The first-order valence-electron chi connectivity index (χ1n) is 11.0. The molecule has 0 bridgehead atoms. The zero-order valence-electron chi connectivity index (χ0n) is 17.8. The summed E-state index contributed by atoms with van der Waals surface area (Å²) in [7, 11) is 0. The lowest BCUT2D eigenvalue weighted by atomic mass is 9.77. The van der Waals surface area contributed by atoms with Crippen molar-refractivity contribution >= 4 is 40.7 Å². The van der Waals surface area contributed by atoms with Crippen LogP contribution in [0.1, 0.15) is 26.3 Å². The van der Waals surface area contributed by atoms with E-state index in [1.807, 2.05) is 30.3 Å². The second-order valence-corrected chi connectivity index (χ2v) is 9.16. The third-order valence-electron chi connectivity index (χ3n) is 6.99. The molecule has 2 amide bonds. The van der Waals surface area contributed by atoms with E-state index in [4.69, 9.17) is 16.3 Å². The largest absolute Gasteiger partial charge is 0.353 e. The molecule has 0 radical (unpaired) electrons. The summed E-state index contributed by atoms with van der Waals surface area (Å²) < 4.78 is 6.24. The highest BCUT2D eigenvalue weighted by molar-refractivity contribution is 6.39. The van der Waals surface area contributed by atoms with E-state index < -0.39 is 46.9 Å². The highest BCUT2D eigenvalue weighted by Gasteiger charge is 2.74. The number of Topliss-reactive ketones (excluding diaryl/α,β-unsaturated/α-hetero) is 2. The SMILES string of the molecule is O=C1[C@H]2[C@@H](Cc3ccccc3)OC3(C(=O)c4ccccc4C3=O)[C@H]2C(=O)N1c1ccccc1Cl. The van der Waals surface area contributed by atoms with E-state index in [9.17, 15) is 19.2 Å². The van der Waals surface area contributed by atoms with Gasteiger partial charge in [0.05, 0.1) is 28.6 Å². The van der Waals surface area contributed by atoms with Crippen LogP contribution in [0.3, 0.4) is 0 Å². The number of amides is 2. The first-order valence-corrected chi connectivity index (χ1v) is 11.4. The number of benzene rings is 3. The number of hydrogen-bond acceptors (Lipinski definition) is 5. The number of fused-ring (bicyclic) bond motifs is 3. The van der Waals surface area contributed by atoms with Crippen LogP contribution in [-0.4, -0.2) is 35.1 Å². The zero-order chi connectivity index (χ0) is 23.6. The van der Waals surface area contributed by atoms with E-state index >= 15 is 0 Å². The Balaban J connectivity index is 1.51. The van der Waals surface area contributed by atoms with Gasteiger partial charge in [-0.3, -0.25) is 19.2 Å². The van der Waals surface area contributed by atoms with E-state index in [0.29, 0.717) is 0 Å². The van der Waals surface area contributed by atoms with Gasteiger partial charge in [-0.05, 0) is 24.1 Å². The third kappa shape index (κ3) is 2.67. The average Bonchev–Trinajstić information content (AvgIpc) is 3.40. The van der Waals surface area contributed by atoms with Crippen LogP contribution in [0.2, 0.25) is 5.02 Å². The molecule has 0 aromatic heterocycles. The Bertz CT molecular complexity index is 1350. The topological polar surface area (TPSA) is 80.8 Å². The van der Waals surface area contributed by atoms with Gasteiger partial charge in [-0.25, -0.2) is 4.90 Å². The van der Waals surface area contributed by atoms with Crippen LogP contribution in [-0.2, 0) is 20.7 Å². The maximum absolute atomic E-state index is 13.8. The van der Waals surface area contributed by atoms with Gasteiger partial charge in [0.1, 0.15) is 0 Å². The lowest BCUT2D eigenvalue weighted by Gasteiger charge is -2.27. The second kappa shape index (κ2) is 7.45. The fraction of sp³-hybridized carbons (Fsp3) is 0.185. The Kier molecular flexibility index (Phi) is 4.59. The minimum atomic E-state index is -2.06. The average molecular weight is 472 g/mol. The van der Waals surface area contributed by atoms with Gasteiger partial charge in [-0.2, -0.15) is 0 Å². The van der Waals surface area contributed by atoms with Crippen molar-refractivity contribution in [3.05, 3.63) is 101 Å². The molecule has 3 aromatic carbocycles. The van der Waals surface area contributed by atoms with E-state index in [-0.39, 0.29) is 28.3 Å². The number of carbonyl (C=O) groups excluding carboxylic acids is 4. The summed E-state index contributed by atoms with van der Waals surface area (Å²) in [5.74, 6) is -4.56. The van der Waals surface area contributed by atoms with E-state index in [1.165, 1.54) is 0 Å². The fourth-order valence-corrected chi connectivity index (χ4v) is 5.76. The molecule has 7 heteroatoms. The predicted molar refractivity (Wildman–Crippen MR) is 124 cm³/mol. The summed E-state index contributed by atoms with van der Waals surface area (Å²) in [5, 5.41) is 0.228. The number of ketones is 2. The summed E-state index contributed by atoms with van der Waals surface area (Å²) in [6.45, 7) is 0. The highest BCUT2D eigenvalue weighted by Crippen LogP contribution is 2.54. The molecular formula is C27H18ClNO5. The van der Waals surface area contributed by atoms with Crippen molar-refractivity contribution in [3.8, 4) is 0 Å². The maximum atomic E-state index is 13.8. The summed E-state index contributed by atoms with van der Waals surface area (Å²) in [5.41, 5.74) is -0.532. The van der Waals surface area contributed by atoms with Gasteiger partial charge in [0.2, 0.25) is 29.0 Å². The standard InChI is InChI=1S/C27H18ClNO5/c28-18-12-6-7-13-19(18)29-25(32)21-20(14-15-8-2-1-3-9-15)34-27(22(21)26(29)33)23(30)16-10-4-5-11-17(16)24(27)31/h1-13,20-22H,14H2/t20-,21+,22-/m1/s1. The molecule has 3 aliphatic rings. The van der Waals surface area contributed by atoms with Gasteiger partial charge in [0.15, 0.2) is 0 Å². The normalized spacial score (nSPS) is 24.7. The molecule has 2 heterocycles. The smallest absolute Gasteiger partial charge is 0.241 e. The number of hydrogen-bond donors (Lipinski definition) is 0.